The van der Waals surface area contributed by atoms with Gasteiger partial charge in [-0.05, 0) is 12.1 Å². The third-order valence-electron chi connectivity index (χ3n) is 2.21. The molecule has 0 atom stereocenters. The molecule has 5 heteroatoms. The van der Waals surface area contributed by atoms with Crippen LogP contribution in [-0.4, -0.2) is 29.9 Å². The van der Waals surface area contributed by atoms with Crippen LogP contribution in [0.15, 0.2) is 18.2 Å². The smallest absolute Gasteiger partial charge is 0.228 e. The summed E-state index contributed by atoms with van der Waals surface area (Å²) in [4.78, 5) is 17.5. The molecule has 0 saturated heterocycles. The number of carbonyl (C=O) groups is 1. The molecule has 16 heavy (non-hydrogen) atoms. The van der Waals surface area contributed by atoms with Gasteiger partial charge in [-0.25, -0.2) is 4.98 Å². The molecule has 1 amide bonds. The molecule has 0 N–H and O–H groups in total. The van der Waals surface area contributed by atoms with Gasteiger partial charge < -0.3 is 4.90 Å². The molecular weight excluding hydrogens is 244 g/mol. The second-order valence-electron chi connectivity index (χ2n) is 3.66. The summed E-state index contributed by atoms with van der Waals surface area (Å²) >= 11 is 7.52. The second kappa shape index (κ2) is 4.39. The molecule has 3 nitrogen and oxygen atoms in total. The van der Waals surface area contributed by atoms with E-state index in [-0.39, 0.29) is 5.91 Å². The van der Waals surface area contributed by atoms with Crippen LogP contribution in [0.5, 0.6) is 0 Å². The molecule has 0 aliphatic rings. The van der Waals surface area contributed by atoms with Gasteiger partial charge in [0.25, 0.3) is 0 Å². The van der Waals surface area contributed by atoms with Crippen LogP contribution in [0.4, 0.5) is 0 Å². The Bertz CT molecular complexity index is 536. The quantitative estimate of drug-likeness (QED) is 0.825. The molecule has 1 aromatic heterocycles. The first-order chi connectivity index (χ1) is 7.58. The highest BCUT2D eigenvalue weighted by Crippen LogP contribution is 2.29. The SMILES string of the molecule is CN(C)C(=O)Cc1nc2cccc(Cl)c2s1. The highest BCUT2D eigenvalue weighted by Gasteiger charge is 2.11. The number of nitrogens with zero attached hydrogens (tertiary/aromatic N) is 2. The Labute approximate surface area is 103 Å². The van der Waals surface area contributed by atoms with Crippen molar-refractivity contribution >= 4 is 39.1 Å². The van der Waals surface area contributed by atoms with Gasteiger partial charge >= 0.3 is 0 Å². The van der Waals surface area contributed by atoms with Crippen molar-refractivity contribution in [1.29, 1.82) is 0 Å². The van der Waals surface area contributed by atoms with Crippen LogP contribution >= 0.6 is 22.9 Å². The minimum atomic E-state index is 0.0511. The van der Waals surface area contributed by atoms with Crippen molar-refractivity contribution in [3.63, 3.8) is 0 Å². The van der Waals surface area contributed by atoms with E-state index in [2.05, 4.69) is 4.98 Å². The Kier molecular flexibility index (Phi) is 3.12. The maximum Gasteiger partial charge on any atom is 0.228 e. The second-order valence-corrected chi connectivity index (χ2v) is 5.15. The van der Waals surface area contributed by atoms with E-state index in [9.17, 15) is 4.79 Å². The van der Waals surface area contributed by atoms with E-state index in [1.807, 2.05) is 18.2 Å². The molecule has 0 saturated carbocycles. The Morgan fingerprint density at radius 1 is 1.50 bits per heavy atom. The minimum Gasteiger partial charge on any atom is -0.348 e. The molecule has 0 aliphatic carbocycles. The topological polar surface area (TPSA) is 33.2 Å². The lowest BCUT2D eigenvalue weighted by molar-refractivity contribution is -0.127. The molecule has 84 valence electrons. The molecular formula is C11H11ClN2OS. The fourth-order valence-corrected chi connectivity index (χ4v) is 2.57. The van der Waals surface area contributed by atoms with Gasteiger partial charge in [-0.3, -0.25) is 4.79 Å². The molecule has 0 fully saturated rings. The molecule has 0 bridgehead atoms. The largest absolute Gasteiger partial charge is 0.348 e. The number of thiazole rings is 1. The third kappa shape index (κ3) is 2.18. The van der Waals surface area contributed by atoms with Crippen LogP contribution in [0, 0.1) is 0 Å². The highest BCUT2D eigenvalue weighted by molar-refractivity contribution is 7.19. The van der Waals surface area contributed by atoms with Crippen molar-refractivity contribution in [3.8, 4) is 0 Å². The first kappa shape index (κ1) is 11.4. The summed E-state index contributed by atoms with van der Waals surface area (Å²) in [5.41, 5.74) is 0.860. The summed E-state index contributed by atoms with van der Waals surface area (Å²) in [5, 5.41) is 1.50. The number of hydrogen-bond acceptors (Lipinski definition) is 3. The van der Waals surface area contributed by atoms with Gasteiger partial charge in [-0.2, -0.15) is 0 Å². The van der Waals surface area contributed by atoms with E-state index < -0.39 is 0 Å². The molecule has 2 aromatic rings. The lowest BCUT2D eigenvalue weighted by atomic mass is 10.3. The first-order valence-electron chi connectivity index (χ1n) is 4.82. The lowest BCUT2D eigenvalue weighted by Gasteiger charge is -2.07. The minimum absolute atomic E-state index is 0.0511. The zero-order chi connectivity index (χ0) is 11.7. The number of carbonyl (C=O) groups excluding carboxylic acids is 1. The van der Waals surface area contributed by atoms with Gasteiger partial charge in [0.1, 0.15) is 5.01 Å². The predicted octanol–water partition coefficient (Wildman–Crippen LogP) is 2.58. The Hall–Kier alpha value is -1.13. The van der Waals surface area contributed by atoms with Crippen LogP contribution in [-0.2, 0) is 11.2 Å². The van der Waals surface area contributed by atoms with Crippen LogP contribution in [0.2, 0.25) is 5.02 Å². The monoisotopic (exact) mass is 254 g/mol. The van der Waals surface area contributed by atoms with Gasteiger partial charge in [-0.15, -0.1) is 11.3 Å². The summed E-state index contributed by atoms with van der Waals surface area (Å²) in [6.07, 6.45) is 0.336. The molecule has 0 aliphatic heterocycles. The highest BCUT2D eigenvalue weighted by atomic mass is 35.5. The molecule has 0 radical (unpaired) electrons. The van der Waals surface area contributed by atoms with E-state index in [1.165, 1.54) is 11.3 Å². The van der Waals surface area contributed by atoms with Crippen LogP contribution < -0.4 is 0 Å². The van der Waals surface area contributed by atoms with E-state index in [4.69, 9.17) is 11.6 Å². The van der Waals surface area contributed by atoms with Crippen molar-refractivity contribution < 1.29 is 4.79 Å². The summed E-state index contributed by atoms with van der Waals surface area (Å²) < 4.78 is 0.950. The zero-order valence-corrected chi connectivity index (χ0v) is 10.6. The standard InChI is InChI=1S/C11H11ClN2OS/c1-14(2)10(15)6-9-13-8-5-3-4-7(12)11(8)16-9/h3-5H,6H2,1-2H3. The Morgan fingerprint density at radius 2 is 2.25 bits per heavy atom. The molecule has 1 heterocycles. The maximum atomic E-state index is 11.5. The van der Waals surface area contributed by atoms with Crippen LogP contribution in [0.3, 0.4) is 0 Å². The number of benzene rings is 1. The van der Waals surface area contributed by atoms with Gasteiger partial charge in [0, 0.05) is 14.1 Å². The van der Waals surface area contributed by atoms with Gasteiger partial charge in [-0.1, -0.05) is 17.7 Å². The van der Waals surface area contributed by atoms with Gasteiger partial charge in [0.2, 0.25) is 5.91 Å². The summed E-state index contributed by atoms with van der Waals surface area (Å²) in [6.45, 7) is 0. The van der Waals surface area contributed by atoms with E-state index in [1.54, 1.807) is 19.0 Å². The average Bonchev–Trinajstić information content (AvgIpc) is 2.61. The number of rotatable bonds is 2. The van der Waals surface area contributed by atoms with Gasteiger partial charge in [0.15, 0.2) is 0 Å². The van der Waals surface area contributed by atoms with Gasteiger partial charge in [0.05, 0.1) is 21.7 Å². The number of aromatic nitrogens is 1. The number of halogens is 1. The van der Waals surface area contributed by atoms with Crippen molar-refractivity contribution in [2.75, 3.05) is 14.1 Å². The first-order valence-corrected chi connectivity index (χ1v) is 6.01. The number of likely N-dealkylation sites (N-methyl/N-ethyl adjacent to an activating group) is 1. The summed E-state index contributed by atoms with van der Waals surface area (Å²) in [6, 6.07) is 5.60. The Morgan fingerprint density at radius 3 is 2.88 bits per heavy atom. The van der Waals surface area contributed by atoms with Crippen molar-refractivity contribution in [3.05, 3.63) is 28.2 Å². The number of fused-ring (bicyclic) bond motifs is 1. The average molecular weight is 255 g/mol. The molecule has 0 spiro atoms. The third-order valence-corrected chi connectivity index (χ3v) is 3.74. The molecule has 0 unspecified atom stereocenters. The normalized spacial score (nSPS) is 10.7. The fraction of sp³-hybridized carbons (Fsp3) is 0.273. The van der Waals surface area contributed by atoms with Crippen LogP contribution in [0.25, 0.3) is 10.2 Å². The number of amides is 1. The van der Waals surface area contributed by atoms with Crippen molar-refractivity contribution in [1.82, 2.24) is 9.88 Å². The fourth-order valence-electron chi connectivity index (χ4n) is 1.32. The zero-order valence-electron chi connectivity index (χ0n) is 9.03. The molecule has 1 aromatic carbocycles. The van der Waals surface area contributed by atoms with E-state index in [0.29, 0.717) is 11.4 Å². The maximum absolute atomic E-state index is 11.5. The summed E-state index contributed by atoms with van der Waals surface area (Å²) in [7, 11) is 3.48. The Balaban J connectivity index is 2.33. The van der Waals surface area contributed by atoms with Crippen molar-refractivity contribution in [2.24, 2.45) is 0 Å². The summed E-state index contributed by atoms with van der Waals surface area (Å²) in [5.74, 6) is 0.0511. The molecule has 2 rings (SSSR count). The van der Waals surface area contributed by atoms with Crippen molar-refractivity contribution in [2.45, 2.75) is 6.42 Å². The van der Waals surface area contributed by atoms with Crippen LogP contribution in [0.1, 0.15) is 5.01 Å². The lowest BCUT2D eigenvalue weighted by Crippen LogP contribution is -2.23. The van der Waals surface area contributed by atoms with E-state index >= 15 is 0 Å². The van der Waals surface area contributed by atoms with E-state index in [0.717, 1.165) is 15.2 Å². The number of hydrogen-bond donors (Lipinski definition) is 0. The predicted molar refractivity (Wildman–Crippen MR) is 67.0 cm³/mol.